The molecule has 1 atom stereocenters. The largest absolute Gasteiger partial charge is 0.453 e. The molecule has 8 N–H and O–H groups in total. The number of nitrogens with one attached hydrogen (secondary N) is 1. The number of aromatic nitrogens is 3. The molecule has 9 rings (SSSR count). The van der Waals surface area contributed by atoms with Crippen LogP contribution in [0.15, 0.2) is 152 Å². The Labute approximate surface area is 306 Å². The first kappa shape index (κ1) is 34.1. The Balaban J connectivity index is 0.000000333. The van der Waals surface area contributed by atoms with Gasteiger partial charge < -0.3 is 35.6 Å². The number of nitrogens with two attached hydrogens (primary N) is 3. The Bertz CT molecular complexity index is 2660. The number of amidine groups is 1. The van der Waals surface area contributed by atoms with Gasteiger partial charge in [0.1, 0.15) is 5.84 Å². The minimum Gasteiger partial charge on any atom is -0.453 e. The van der Waals surface area contributed by atoms with Crippen molar-refractivity contribution >= 4 is 62.4 Å². The van der Waals surface area contributed by atoms with Crippen LogP contribution >= 0.6 is 12.9 Å². The molecular weight excluding hydrogens is 667 g/mol. The van der Waals surface area contributed by atoms with Gasteiger partial charge in [0.05, 0.1) is 33.8 Å². The standard InChI is InChI=1S/C36H28N4O.C6H7N3.H2OS/c1-2-22(18-19-37)35(38)23-10-9-11-24(20-23)39-27-14-5-3-12-25(27)33-30(39)21-32-36-34(33)26-13-4-6-15-28(26)40(36)29-16-7-8-17-31(29)41-32;7-6(8)5-1-3-9-4-2-5;1-2/h2-21,35H,37-38H2,1H3;1-4H,(H3,7,8);1-2H/b19-18-,22-2+;;. The van der Waals surface area contributed by atoms with E-state index < -0.39 is 0 Å². The maximum atomic E-state index is 6.99. The first-order valence-electron chi connectivity index (χ1n) is 16.6. The molecule has 1 aliphatic heterocycles. The number of para-hydroxylation sites is 4. The quantitative estimate of drug-likeness (QED) is 0.0345. The van der Waals surface area contributed by atoms with E-state index in [1.165, 1.54) is 33.3 Å². The highest BCUT2D eigenvalue weighted by Gasteiger charge is 2.28. The van der Waals surface area contributed by atoms with Crippen molar-refractivity contribution in [3.05, 3.63) is 163 Å². The SMILES string of the molecule is C/C=C(\C=C/N)C(N)c1cccc(-n2c3ccccc3c3c4c5ccccc5n5c4c(cc32)Oc2ccccc2-5)c1.N=C(N)c1ccncc1.OS. The summed E-state index contributed by atoms with van der Waals surface area (Å²) in [6.45, 7) is 1.98. The van der Waals surface area contributed by atoms with E-state index in [2.05, 4.69) is 118 Å². The van der Waals surface area contributed by atoms with Crippen LogP contribution in [0.2, 0.25) is 0 Å². The monoisotopic (exact) mass is 703 g/mol. The number of fused-ring (bicyclic) bond motifs is 9. The molecule has 0 saturated heterocycles. The average Bonchev–Trinajstić information content (AvgIpc) is 3.72. The van der Waals surface area contributed by atoms with E-state index in [0.717, 1.165) is 50.6 Å². The van der Waals surface area contributed by atoms with E-state index in [1.807, 2.05) is 31.2 Å². The van der Waals surface area contributed by atoms with Crippen LogP contribution in [0, 0.1) is 5.41 Å². The van der Waals surface area contributed by atoms with Crippen LogP contribution in [0.25, 0.3) is 55.0 Å². The molecule has 5 aromatic carbocycles. The van der Waals surface area contributed by atoms with Gasteiger partial charge in [0.25, 0.3) is 0 Å². The van der Waals surface area contributed by atoms with Crippen LogP contribution in [0.5, 0.6) is 11.5 Å². The fraction of sp³-hybridized carbons (Fsp3) is 0.0476. The van der Waals surface area contributed by atoms with Gasteiger partial charge >= 0.3 is 0 Å². The molecular formula is C42H37N7O2S. The molecule has 0 saturated carbocycles. The van der Waals surface area contributed by atoms with Crippen molar-refractivity contribution in [3.63, 3.8) is 0 Å². The van der Waals surface area contributed by atoms with Crippen molar-refractivity contribution in [2.45, 2.75) is 13.0 Å². The fourth-order valence-corrected chi connectivity index (χ4v) is 7.10. The van der Waals surface area contributed by atoms with Crippen LogP contribution in [0.1, 0.15) is 24.1 Å². The Hall–Kier alpha value is -6.33. The number of hydrogen-bond donors (Lipinski definition) is 6. The zero-order chi connectivity index (χ0) is 36.4. The third-order valence-corrected chi connectivity index (χ3v) is 9.32. The van der Waals surface area contributed by atoms with Gasteiger partial charge in [0.2, 0.25) is 0 Å². The lowest BCUT2D eigenvalue weighted by Gasteiger charge is -2.21. The zero-order valence-electron chi connectivity index (χ0n) is 28.3. The topological polar surface area (TPSA) is 154 Å². The van der Waals surface area contributed by atoms with Crippen molar-refractivity contribution in [1.82, 2.24) is 14.1 Å². The van der Waals surface area contributed by atoms with E-state index in [-0.39, 0.29) is 11.9 Å². The number of nitrogen functional groups attached to an aromatic ring is 1. The lowest BCUT2D eigenvalue weighted by molar-refractivity contribution is 0.477. The number of rotatable bonds is 5. The summed E-state index contributed by atoms with van der Waals surface area (Å²) in [5.74, 6) is 1.78. The molecule has 10 heteroatoms. The molecule has 0 spiro atoms. The van der Waals surface area contributed by atoms with E-state index in [9.17, 15) is 0 Å². The summed E-state index contributed by atoms with van der Waals surface area (Å²) in [6.07, 6.45) is 8.63. The summed E-state index contributed by atoms with van der Waals surface area (Å²) in [6, 6.07) is 39.3. The van der Waals surface area contributed by atoms with Crippen molar-refractivity contribution in [2.75, 3.05) is 0 Å². The highest BCUT2D eigenvalue weighted by atomic mass is 32.1. The van der Waals surface area contributed by atoms with E-state index >= 15 is 0 Å². The molecule has 0 bridgehead atoms. The van der Waals surface area contributed by atoms with Gasteiger partial charge in [-0.15, -0.1) is 0 Å². The molecule has 0 radical (unpaired) electrons. The summed E-state index contributed by atoms with van der Waals surface area (Å²) in [4.78, 5) is 3.78. The van der Waals surface area contributed by atoms with Gasteiger partial charge in [-0.1, -0.05) is 66.7 Å². The number of thiol groups is 1. The highest BCUT2D eigenvalue weighted by molar-refractivity contribution is 7.74. The molecule has 0 fully saturated rings. The van der Waals surface area contributed by atoms with Crippen molar-refractivity contribution in [1.29, 1.82) is 5.41 Å². The van der Waals surface area contributed by atoms with Gasteiger partial charge in [-0.05, 0) is 91.8 Å². The van der Waals surface area contributed by atoms with Crippen LogP contribution in [0.3, 0.4) is 0 Å². The highest BCUT2D eigenvalue weighted by Crippen LogP contribution is 2.50. The summed E-state index contributed by atoms with van der Waals surface area (Å²) in [5.41, 5.74) is 26.9. The molecule has 0 aliphatic carbocycles. The van der Waals surface area contributed by atoms with Crippen molar-refractivity contribution in [2.24, 2.45) is 17.2 Å². The third kappa shape index (κ3) is 5.74. The first-order chi connectivity index (χ1) is 25.5. The van der Waals surface area contributed by atoms with Crippen molar-refractivity contribution in [3.8, 4) is 22.9 Å². The van der Waals surface area contributed by atoms with Gasteiger partial charge in [0, 0.05) is 51.3 Å². The van der Waals surface area contributed by atoms with Gasteiger partial charge in [-0.2, -0.15) is 0 Å². The molecule has 9 nitrogen and oxygen atoms in total. The van der Waals surface area contributed by atoms with Gasteiger partial charge in [0.15, 0.2) is 11.5 Å². The second kappa shape index (κ2) is 14.5. The first-order valence-corrected chi connectivity index (χ1v) is 17.0. The lowest BCUT2D eigenvalue weighted by atomic mass is 9.98. The maximum Gasteiger partial charge on any atom is 0.154 e. The Morgan fingerprint density at radius 3 is 2.12 bits per heavy atom. The minimum absolute atomic E-state index is 0.0809. The van der Waals surface area contributed by atoms with E-state index in [4.69, 9.17) is 31.9 Å². The number of hydrogen-bond acceptors (Lipinski definition) is 7. The molecule has 1 aliphatic rings. The zero-order valence-corrected chi connectivity index (χ0v) is 29.2. The summed E-state index contributed by atoms with van der Waals surface area (Å²) < 4.78 is 18.0. The number of benzene rings is 5. The number of allylic oxidation sites excluding steroid dienone is 1. The predicted octanol–water partition coefficient (Wildman–Crippen LogP) is 9.16. The molecule has 8 aromatic rings. The van der Waals surface area contributed by atoms with Crippen LogP contribution < -0.4 is 21.9 Å². The Morgan fingerprint density at radius 1 is 0.788 bits per heavy atom. The molecule has 3 aromatic heterocycles. The molecule has 258 valence electrons. The van der Waals surface area contributed by atoms with Crippen LogP contribution in [0.4, 0.5) is 0 Å². The molecule has 1 unspecified atom stereocenters. The maximum absolute atomic E-state index is 6.99. The summed E-state index contributed by atoms with van der Waals surface area (Å²) in [5, 5.41) is 11.8. The molecule has 0 amide bonds. The second-order valence-corrected chi connectivity index (χ2v) is 12.1. The third-order valence-electron chi connectivity index (χ3n) is 9.32. The molecule has 4 heterocycles. The van der Waals surface area contributed by atoms with Crippen LogP contribution in [-0.2, 0) is 0 Å². The van der Waals surface area contributed by atoms with E-state index in [1.54, 1.807) is 24.5 Å². The fourth-order valence-electron chi connectivity index (χ4n) is 7.10. The number of pyridine rings is 1. The number of nitrogens with zero attached hydrogens (tertiary/aromatic N) is 3. The average molecular weight is 704 g/mol. The number of ether oxygens (including phenoxy) is 1. The van der Waals surface area contributed by atoms with Gasteiger partial charge in [-0.3, -0.25) is 10.4 Å². The lowest BCUT2D eigenvalue weighted by Crippen LogP contribution is -2.13. The smallest absolute Gasteiger partial charge is 0.154 e. The van der Waals surface area contributed by atoms with E-state index in [0.29, 0.717) is 5.56 Å². The summed E-state index contributed by atoms with van der Waals surface area (Å²) >= 11 is 2.53. The Morgan fingerprint density at radius 2 is 1.44 bits per heavy atom. The Kier molecular flexibility index (Phi) is 9.51. The van der Waals surface area contributed by atoms with Crippen molar-refractivity contribution < 1.29 is 9.29 Å². The van der Waals surface area contributed by atoms with Gasteiger partial charge in [-0.25, -0.2) is 0 Å². The minimum atomic E-state index is -0.293. The normalized spacial score (nSPS) is 12.6. The molecule has 52 heavy (non-hydrogen) atoms. The predicted molar refractivity (Wildman–Crippen MR) is 216 cm³/mol. The van der Waals surface area contributed by atoms with Crippen LogP contribution in [-0.4, -0.2) is 24.5 Å². The second-order valence-electron chi connectivity index (χ2n) is 12.1. The summed E-state index contributed by atoms with van der Waals surface area (Å²) in [7, 11) is 0.